The average molecular weight is 255 g/mol. The number of rotatable bonds is 4. The van der Waals surface area contributed by atoms with Crippen LogP contribution in [0.5, 0.6) is 0 Å². The normalized spacial score (nSPS) is 10.3. The van der Waals surface area contributed by atoms with Crippen molar-refractivity contribution in [3.8, 4) is 0 Å². The van der Waals surface area contributed by atoms with Gasteiger partial charge in [-0.25, -0.2) is 4.68 Å². The molecule has 0 saturated heterocycles. The van der Waals surface area contributed by atoms with Crippen molar-refractivity contribution in [3.05, 3.63) is 23.3 Å². The molecule has 2 aromatic rings. The molecular formula is C12H14N3NaO2. The van der Waals surface area contributed by atoms with Crippen LogP contribution < -0.4 is 34.7 Å². The van der Waals surface area contributed by atoms with E-state index in [1.54, 1.807) is 4.68 Å². The second-order valence-electron chi connectivity index (χ2n) is 4.21. The number of hydrogen-bond donors (Lipinski definition) is 0. The summed E-state index contributed by atoms with van der Waals surface area (Å²) in [6, 6.07) is 4.02. The van der Waals surface area contributed by atoms with Crippen LogP contribution in [-0.2, 0) is 11.3 Å². The van der Waals surface area contributed by atoms with Gasteiger partial charge in [0.2, 0.25) is 0 Å². The first-order valence-corrected chi connectivity index (χ1v) is 5.58. The summed E-state index contributed by atoms with van der Waals surface area (Å²) < 4.78 is 1.74. The molecule has 1 aromatic heterocycles. The molecule has 0 fully saturated rings. The average Bonchev–Trinajstić information content (AvgIpc) is 2.62. The van der Waals surface area contributed by atoms with Crippen molar-refractivity contribution in [1.82, 2.24) is 15.0 Å². The van der Waals surface area contributed by atoms with E-state index in [9.17, 15) is 9.90 Å². The maximum absolute atomic E-state index is 10.3. The predicted octanol–water partition coefficient (Wildman–Crippen LogP) is -2.42. The Morgan fingerprint density at radius 3 is 2.67 bits per heavy atom. The van der Waals surface area contributed by atoms with Crippen LogP contribution in [-0.4, -0.2) is 21.0 Å². The van der Waals surface area contributed by atoms with E-state index in [0.29, 0.717) is 13.0 Å². The third-order valence-electron chi connectivity index (χ3n) is 2.88. The number of aryl methyl sites for hydroxylation is 3. The molecule has 6 heteroatoms. The van der Waals surface area contributed by atoms with Crippen LogP contribution in [0.1, 0.15) is 24.0 Å². The van der Waals surface area contributed by atoms with Crippen molar-refractivity contribution in [2.45, 2.75) is 33.2 Å². The molecular weight excluding hydrogens is 241 g/mol. The molecule has 0 radical (unpaired) electrons. The molecule has 0 aliphatic carbocycles. The molecule has 0 spiro atoms. The number of aromatic nitrogens is 3. The van der Waals surface area contributed by atoms with Crippen molar-refractivity contribution in [1.29, 1.82) is 0 Å². The fraction of sp³-hybridized carbons (Fsp3) is 0.417. The van der Waals surface area contributed by atoms with E-state index >= 15 is 0 Å². The third kappa shape index (κ3) is 3.31. The summed E-state index contributed by atoms with van der Waals surface area (Å²) in [6.45, 7) is 4.62. The standard InChI is InChI=1S/C12H15N3O2.Na/c1-8-6-10-11(7-9(8)2)15(14-13-10)5-3-4-12(16)17;/h6-7H,3-5H2,1-2H3,(H,16,17);/q;+1/p-1. The Labute approximate surface area is 127 Å². The van der Waals surface area contributed by atoms with Crippen LogP contribution >= 0.6 is 0 Å². The Hall–Kier alpha value is -0.910. The monoisotopic (exact) mass is 255 g/mol. The zero-order valence-electron chi connectivity index (χ0n) is 10.9. The van der Waals surface area contributed by atoms with Gasteiger partial charge in [-0.05, 0) is 49.9 Å². The number of fused-ring (bicyclic) bond motifs is 1. The van der Waals surface area contributed by atoms with Crippen LogP contribution in [0, 0.1) is 13.8 Å². The van der Waals surface area contributed by atoms with Crippen LogP contribution in [0.15, 0.2) is 12.1 Å². The summed E-state index contributed by atoms with van der Waals surface area (Å²) in [4.78, 5) is 10.3. The number of hydrogen-bond acceptors (Lipinski definition) is 4. The topological polar surface area (TPSA) is 70.8 Å². The second kappa shape index (κ2) is 6.31. The summed E-state index contributed by atoms with van der Waals surface area (Å²) >= 11 is 0. The van der Waals surface area contributed by atoms with Gasteiger partial charge in [0.1, 0.15) is 5.52 Å². The van der Waals surface area contributed by atoms with Gasteiger partial charge in [0, 0.05) is 12.5 Å². The Balaban J connectivity index is 0.00000162. The number of carboxylic acid groups (broad SMARTS) is 1. The van der Waals surface area contributed by atoms with E-state index in [-0.39, 0.29) is 36.0 Å². The van der Waals surface area contributed by atoms with Gasteiger partial charge in [0.25, 0.3) is 0 Å². The summed E-state index contributed by atoms with van der Waals surface area (Å²) in [6.07, 6.45) is 0.555. The summed E-state index contributed by atoms with van der Waals surface area (Å²) in [5.74, 6) is -1.03. The largest absolute Gasteiger partial charge is 1.00 e. The Kier molecular flexibility index (Phi) is 5.31. The molecule has 0 bridgehead atoms. The Morgan fingerprint density at radius 2 is 2.00 bits per heavy atom. The van der Waals surface area contributed by atoms with Crippen LogP contribution in [0.25, 0.3) is 11.0 Å². The van der Waals surface area contributed by atoms with Crippen molar-refractivity contribution in [2.75, 3.05) is 0 Å². The van der Waals surface area contributed by atoms with E-state index in [1.165, 1.54) is 11.1 Å². The number of carboxylic acids is 1. The molecule has 2 rings (SSSR count). The number of carbonyl (C=O) groups is 1. The molecule has 18 heavy (non-hydrogen) atoms. The van der Waals surface area contributed by atoms with Crippen molar-refractivity contribution in [3.63, 3.8) is 0 Å². The SMILES string of the molecule is Cc1cc2nnn(CCCC(=O)[O-])c2cc1C.[Na+]. The molecule has 0 unspecified atom stereocenters. The van der Waals surface area contributed by atoms with Gasteiger partial charge in [-0.3, -0.25) is 0 Å². The Bertz CT molecular complexity index is 566. The number of benzene rings is 1. The van der Waals surface area contributed by atoms with Gasteiger partial charge in [-0.2, -0.15) is 0 Å². The minimum absolute atomic E-state index is 0. The predicted molar refractivity (Wildman–Crippen MR) is 61.2 cm³/mol. The van der Waals surface area contributed by atoms with E-state index in [0.717, 1.165) is 11.0 Å². The fourth-order valence-electron chi connectivity index (χ4n) is 1.76. The molecule has 0 aliphatic heterocycles. The van der Waals surface area contributed by atoms with Crippen molar-refractivity contribution >= 4 is 17.0 Å². The van der Waals surface area contributed by atoms with Crippen molar-refractivity contribution < 1.29 is 39.5 Å². The first kappa shape index (κ1) is 15.1. The van der Waals surface area contributed by atoms with Gasteiger partial charge in [0.05, 0.1) is 5.52 Å². The van der Waals surface area contributed by atoms with Crippen molar-refractivity contribution in [2.24, 2.45) is 0 Å². The second-order valence-corrected chi connectivity index (χ2v) is 4.21. The quantitative estimate of drug-likeness (QED) is 0.570. The molecule has 0 atom stereocenters. The first-order valence-electron chi connectivity index (χ1n) is 5.58. The van der Waals surface area contributed by atoms with E-state index in [1.807, 2.05) is 26.0 Å². The van der Waals surface area contributed by atoms with Gasteiger partial charge >= 0.3 is 29.6 Å². The van der Waals surface area contributed by atoms with Crippen LogP contribution in [0.4, 0.5) is 0 Å². The van der Waals surface area contributed by atoms with E-state index in [2.05, 4.69) is 10.3 Å². The molecule has 0 amide bonds. The molecule has 1 aromatic carbocycles. The first-order chi connectivity index (χ1) is 8.08. The molecule has 1 heterocycles. The number of aliphatic carboxylic acids is 1. The van der Waals surface area contributed by atoms with Crippen LogP contribution in [0.3, 0.4) is 0 Å². The molecule has 5 nitrogen and oxygen atoms in total. The zero-order chi connectivity index (χ0) is 12.4. The molecule has 0 saturated carbocycles. The smallest absolute Gasteiger partial charge is 0.550 e. The molecule has 0 N–H and O–H groups in total. The fourth-order valence-corrected chi connectivity index (χ4v) is 1.76. The number of carbonyl (C=O) groups excluding carboxylic acids is 1. The minimum Gasteiger partial charge on any atom is -0.550 e. The van der Waals surface area contributed by atoms with Gasteiger partial charge in [-0.15, -0.1) is 5.10 Å². The molecule has 90 valence electrons. The van der Waals surface area contributed by atoms with E-state index < -0.39 is 5.97 Å². The summed E-state index contributed by atoms with van der Waals surface area (Å²) in [5, 5.41) is 18.4. The summed E-state index contributed by atoms with van der Waals surface area (Å²) in [7, 11) is 0. The third-order valence-corrected chi connectivity index (χ3v) is 2.88. The maximum Gasteiger partial charge on any atom is 1.00 e. The number of nitrogens with zero attached hydrogens (tertiary/aromatic N) is 3. The minimum atomic E-state index is -1.03. The van der Waals surface area contributed by atoms with Crippen LogP contribution in [0.2, 0.25) is 0 Å². The van der Waals surface area contributed by atoms with Gasteiger partial charge in [-0.1, -0.05) is 5.21 Å². The summed E-state index contributed by atoms with van der Waals surface area (Å²) in [5.41, 5.74) is 4.16. The molecule has 0 aliphatic rings. The maximum atomic E-state index is 10.3. The van der Waals surface area contributed by atoms with Gasteiger partial charge < -0.3 is 9.90 Å². The zero-order valence-corrected chi connectivity index (χ0v) is 12.9. The van der Waals surface area contributed by atoms with Gasteiger partial charge in [0.15, 0.2) is 0 Å². The Morgan fingerprint density at radius 1 is 1.33 bits per heavy atom. The van der Waals surface area contributed by atoms with E-state index in [4.69, 9.17) is 0 Å².